The second-order valence-electron chi connectivity index (χ2n) is 7.42. The number of benzene rings is 1. The number of aryl methyl sites for hydroxylation is 1. The standard InChI is InChI=1S/C21H25N3O/c1-21(9-8-18-6-2-3-7-19(18)21)20(25)24-13-11-23(12-14-24)16-17-5-4-10-22-15-17/h2-7,10,15H,8-9,11-14,16H2,1H3. The molecule has 0 radical (unpaired) electrons. The van der Waals surface area contributed by atoms with E-state index in [-0.39, 0.29) is 5.41 Å². The first-order chi connectivity index (χ1) is 12.2. The maximum atomic E-state index is 13.2. The minimum absolute atomic E-state index is 0.304. The van der Waals surface area contributed by atoms with Gasteiger partial charge in [-0.3, -0.25) is 14.7 Å². The molecule has 0 N–H and O–H groups in total. The summed E-state index contributed by atoms with van der Waals surface area (Å²) in [5, 5.41) is 0. The van der Waals surface area contributed by atoms with Gasteiger partial charge in [0.15, 0.2) is 0 Å². The van der Waals surface area contributed by atoms with Crippen molar-refractivity contribution in [3.63, 3.8) is 0 Å². The van der Waals surface area contributed by atoms with E-state index in [0.717, 1.165) is 45.6 Å². The van der Waals surface area contributed by atoms with Gasteiger partial charge >= 0.3 is 0 Å². The molecule has 1 fully saturated rings. The molecular weight excluding hydrogens is 310 g/mol. The summed E-state index contributed by atoms with van der Waals surface area (Å²) in [6.45, 7) is 6.53. The van der Waals surface area contributed by atoms with Crippen LogP contribution in [-0.2, 0) is 23.2 Å². The lowest BCUT2D eigenvalue weighted by Crippen LogP contribution is -2.53. The molecule has 4 nitrogen and oxygen atoms in total. The van der Waals surface area contributed by atoms with E-state index in [0.29, 0.717) is 5.91 Å². The van der Waals surface area contributed by atoms with Gasteiger partial charge in [-0.25, -0.2) is 0 Å². The van der Waals surface area contributed by atoms with Gasteiger partial charge in [-0.15, -0.1) is 0 Å². The average Bonchev–Trinajstić information content (AvgIpc) is 3.01. The molecule has 0 bridgehead atoms. The highest BCUT2D eigenvalue weighted by Gasteiger charge is 2.43. The molecule has 1 amide bonds. The average molecular weight is 335 g/mol. The van der Waals surface area contributed by atoms with Crippen LogP contribution in [0.25, 0.3) is 0 Å². The normalized spacial score (nSPS) is 23.5. The van der Waals surface area contributed by atoms with E-state index < -0.39 is 0 Å². The molecule has 1 atom stereocenters. The first-order valence-corrected chi connectivity index (χ1v) is 9.16. The van der Waals surface area contributed by atoms with Crippen LogP contribution in [-0.4, -0.2) is 46.9 Å². The Morgan fingerprint density at radius 2 is 1.92 bits per heavy atom. The van der Waals surface area contributed by atoms with Crippen LogP contribution in [0.2, 0.25) is 0 Å². The van der Waals surface area contributed by atoms with E-state index in [2.05, 4.69) is 52.0 Å². The van der Waals surface area contributed by atoms with E-state index in [1.165, 1.54) is 16.7 Å². The van der Waals surface area contributed by atoms with Crippen LogP contribution in [0.5, 0.6) is 0 Å². The number of nitrogens with zero attached hydrogens (tertiary/aromatic N) is 3. The van der Waals surface area contributed by atoms with Crippen LogP contribution in [0, 0.1) is 0 Å². The fourth-order valence-electron chi connectivity index (χ4n) is 4.23. The molecule has 2 aromatic rings. The number of amides is 1. The number of carbonyl (C=O) groups excluding carboxylic acids is 1. The third kappa shape index (κ3) is 3.07. The fraction of sp³-hybridized carbons (Fsp3) is 0.429. The Kier molecular flexibility index (Phi) is 4.30. The zero-order chi connectivity index (χ0) is 17.3. The van der Waals surface area contributed by atoms with Gasteiger partial charge in [0.05, 0.1) is 5.41 Å². The van der Waals surface area contributed by atoms with Gasteiger partial charge in [-0.1, -0.05) is 30.3 Å². The predicted octanol–water partition coefficient (Wildman–Crippen LogP) is 2.63. The summed E-state index contributed by atoms with van der Waals surface area (Å²) in [7, 11) is 0. The summed E-state index contributed by atoms with van der Waals surface area (Å²) < 4.78 is 0. The number of rotatable bonds is 3. The van der Waals surface area contributed by atoms with Crippen LogP contribution in [0.4, 0.5) is 0 Å². The highest BCUT2D eigenvalue weighted by atomic mass is 16.2. The van der Waals surface area contributed by atoms with Gasteiger partial charge in [0, 0.05) is 45.1 Å². The van der Waals surface area contributed by atoms with Crippen molar-refractivity contribution in [2.24, 2.45) is 0 Å². The number of carbonyl (C=O) groups is 1. The fourth-order valence-corrected chi connectivity index (χ4v) is 4.23. The molecule has 4 heteroatoms. The topological polar surface area (TPSA) is 36.4 Å². The minimum atomic E-state index is -0.345. The number of hydrogen-bond acceptors (Lipinski definition) is 3. The van der Waals surface area contributed by atoms with Crippen LogP contribution < -0.4 is 0 Å². The second kappa shape index (κ2) is 6.60. The van der Waals surface area contributed by atoms with E-state index in [9.17, 15) is 4.79 Å². The third-order valence-corrected chi connectivity index (χ3v) is 5.77. The molecule has 130 valence electrons. The molecule has 2 heterocycles. The van der Waals surface area contributed by atoms with Crippen molar-refractivity contribution in [1.82, 2.24) is 14.8 Å². The van der Waals surface area contributed by atoms with Crippen molar-refractivity contribution in [1.29, 1.82) is 0 Å². The van der Waals surface area contributed by atoms with Gasteiger partial charge in [-0.2, -0.15) is 0 Å². The van der Waals surface area contributed by atoms with Gasteiger partial charge in [0.25, 0.3) is 0 Å². The molecule has 1 aliphatic heterocycles. The molecular formula is C21H25N3O. The largest absolute Gasteiger partial charge is 0.339 e. The number of pyridine rings is 1. The first-order valence-electron chi connectivity index (χ1n) is 9.16. The maximum absolute atomic E-state index is 13.2. The van der Waals surface area contributed by atoms with Crippen molar-refractivity contribution in [3.05, 3.63) is 65.5 Å². The second-order valence-corrected chi connectivity index (χ2v) is 7.42. The summed E-state index contributed by atoms with van der Waals surface area (Å²) >= 11 is 0. The zero-order valence-electron chi connectivity index (χ0n) is 14.8. The Hall–Kier alpha value is -2.20. The van der Waals surface area contributed by atoms with Gasteiger partial charge in [-0.05, 0) is 42.5 Å². The molecule has 2 aliphatic rings. The third-order valence-electron chi connectivity index (χ3n) is 5.77. The van der Waals surface area contributed by atoms with Crippen molar-refractivity contribution in [2.45, 2.75) is 31.7 Å². The highest BCUT2D eigenvalue weighted by molar-refractivity contribution is 5.89. The summed E-state index contributed by atoms with van der Waals surface area (Å²) in [5.74, 6) is 0.304. The number of aromatic nitrogens is 1. The molecule has 1 aliphatic carbocycles. The van der Waals surface area contributed by atoms with Crippen LogP contribution in [0.15, 0.2) is 48.8 Å². The summed E-state index contributed by atoms with van der Waals surface area (Å²) in [6.07, 6.45) is 5.68. The molecule has 1 aromatic heterocycles. The van der Waals surface area contributed by atoms with Crippen molar-refractivity contribution >= 4 is 5.91 Å². The SMILES string of the molecule is CC1(C(=O)N2CCN(Cc3cccnc3)CC2)CCc2ccccc21. The molecule has 1 aromatic carbocycles. The quantitative estimate of drug-likeness (QED) is 0.865. The van der Waals surface area contributed by atoms with Crippen molar-refractivity contribution in [3.8, 4) is 0 Å². The van der Waals surface area contributed by atoms with E-state index in [1.807, 2.05) is 12.3 Å². The number of piperazine rings is 1. The van der Waals surface area contributed by atoms with Gasteiger partial charge in [0.2, 0.25) is 5.91 Å². The first kappa shape index (κ1) is 16.3. The molecule has 1 unspecified atom stereocenters. The smallest absolute Gasteiger partial charge is 0.233 e. The van der Waals surface area contributed by atoms with E-state index in [1.54, 1.807) is 6.20 Å². The Balaban J connectivity index is 1.40. The van der Waals surface area contributed by atoms with Crippen LogP contribution in [0.3, 0.4) is 0 Å². The Labute approximate surface area is 149 Å². The number of fused-ring (bicyclic) bond motifs is 1. The van der Waals surface area contributed by atoms with Crippen LogP contribution >= 0.6 is 0 Å². The van der Waals surface area contributed by atoms with Crippen molar-refractivity contribution < 1.29 is 4.79 Å². The van der Waals surface area contributed by atoms with E-state index >= 15 is 0 Å². The Morgan fingerprint density at radius 3 is 2.68 bits per heavy atom. The lowest BCUT2D eigenvalue weighted by Gasteiger charge is -2.39. The molecule has 4 rings (SSSR count). The minimum Gasteiger partial charge on any atom is -0.339 e. The molecule has 25 heavy (non-hydrogen) atoms. The number of hydrogen-bond donors (Lipinski definition) is 0. The molecule has 0 spiro atoms. The van der Waals surface area contributed by atoms with Crippen molar-refractivity contribution in [2.75, 3.05) is 26.2 Å². The van der Waals surface area contributed by atoms with Gasteiger partial charge in [0.1, 0.15) is 0 Å². The Morgan fingerprint density at radius 1 is 1.12 bits per heavy atom. The molecule has 1 saturated heterocycles. The summed E-state index contributed by atoms with van der Waals surface area (Å²) in [6, 6.07) is 12.5. The lowest BCUT2D eigenvalue weighted by atomic mass is 9.82. The monoisotopic (exact) mass is 335 g/mol. The van der Waals surface area contributed by atoms with E-state index in [4.69, 9.17) is 0 Å². The molecule has 0 saturated carbocycles. The Bertz CT molecular complexity index is 753. The summed E-state index contributed by atoms with van der Waals surface area (Å²) in [4.78, 5) is 21.9. The predicted molar refractivity (Wildman–Crippen MR) is 98.2 cm³/mol. The summed E-state index contributed by atoms with van der Waals surface area (Å²) in [5.41, 5.74) is 3.47. The zero-order valence-corrected chi connectivity index (χ0v) is 14.8. The maximum Gasteiger partial charge on any atom is 0.233 e. The van der Waals surface area contributed by atoms with Gasteiger partial charge < -0.3 is 4.90 Å². The highest BCUT2D eigenvalue weighted by Crippen LogP contribution is 2.40. The lowest BCUT2D eigenvalue weighted by molar-refractivity contribution is -0.138. The van der Waals surface area contributed by atoms with Crippen LogP contribution in [0.1, 0.15) is 30.0 Å².